The van der Waals surface area contributed by atoms with E-state index in [-0.39, 0.29) is 18.0 Å². The van der Waals surface area contributed by atoms with E-state index < -0.39 is 4.92 Å². The van der Waals surface area contributed by atoms with Gasteiger partial charge in [0.2, 0.25) is 5.91 Å². The average molecular weight is 287 g/mol. The molecule has 2 aromatic rings. The third-order valence-corrected chi connectivity index (χ3v) is 3.09. The number of aromatic nitrogens is 1. The SMILES string of the molecule is O=C(Cc1ccc([N+](=O)[O-])cc1)NCCCn1cccc1. The fourth-order valence-electron chi connectivity index (χ4n) is 1.99. The summed E-state index contributed by atoms with van der Waals surface area (Å²) in [5.74, 6) is -0.0728. The summed E-state index contributed by atoms with van der Waals surface area (Å²) < 4.78 is 2.06. The van der Waals surface area contributed by atoms with Crippen LogP contribution in [0.15, 0.2) is 48.8 Å². The zero-order chi connectivity index (χ0) is 15.1. The molecule has 0 spiro atoms. The maximum atomic E-state index is 11.7. The molecule has 1 N–H and O–H groups in total. The molecule has 1 heterocycles. The van der Waals surface area contributed by atoms with Crippen molar-refractivity contribution in [1.82, 2.24) is 9.88 Å². The number of nitrogens with zero attached hydrogens (tertiary/aromatic N) is 2. The Morgan fingerprint density at radius 3 is 2.48 bits per heavy atom. The van der Waals surface area contributed by atoms with E-state index in [0.29, 0.717) is 6.54 Å². The van der Waals surface area contributed by atoms with Crippen LogP contribution in [0.1, 0.15) is 12.0 Å². The number of hydrogen-bond donors (Lipinski definition) is 1. The number of non-ortho nitro benzene ring substituents is 1. The van der Waals surface area contributed by atoms with Gasteiger partial charge in [0.15, 0.2) is 0 Å². The Balaban J connectivity index is 1.70. The second kappa shape index (κ2) is 7.23. The van der Waals surface area contributed by atoms with Gasteiger partial charge in [-0.25, -0.2) is 0 Å². The molecule has 0 saturated heterocycles. The summed E-state index contributed by atoms with van der Waals surface area (Å²) in [4.78, 5) is 21.8. The number of hydrogen-bond acceptors (Lipinski definition) is 3. The van der Waals surface area contributed by atoms with Crippen LogP contribution in [-0.4, -0.2) is 21.9 Å². The number of aryl methyl sites for hydroxylation is 1. The molecule has 1 amide bonds. The van der Waals surface area contributed by atoms with Crippen LogP contribution < -0.4 is 5.32 Å². The Hall–Kier alpha value is -2.63. The lowest BCUT2D eigenvalue weighted by molar-refractivity contribution is -0.384. The first kappa shape index (κ1) is 14.8. The maximum Gasteiger partial charge on any atom is 0.269 e. The largest absolute Gasteiger partial charge is 0.356 e. The lowest BCUT2D eigenvalue weighted by Crippen LogP contribution is -2.26. The van der Waals surface area contributed by atoms with Gasteiger partial charge >= 0.3 is 0 Å². The highest BCUT2D eigenvalue weighted by molar-refractivity contribution is 5.78. The number of rotatable bonds is 7. The smallest absolute Gasteiger partial charge is 0.269 e. The number of carbonyl (C=O) groups is 1. The number of nitro benzene ring substituents is 1. The topological polar surface area (TPSA) is 77.2 Å². The quantitative estimate of drug-likeness (QED) is 0.481. The lowest BCUT2D eigenvalue weighted by Gasteiger charge is -2.06. The molecule has 110 valence electrons. The first-order chi connectivity index (χ1) is 10.1. The van der Waals surface area contributed by atoms with Crippen molar-refractivity contribution in [2.45, 2.75) is 19.4 Å². The van der Waals surface area contributed by atoms with Crippen LogP contribution >= 0.6 is 0 Å². The summed E-state index contributed by atoms with van der Waals surface area (Å²) in [6.07, 6.45) is 5.07. The fraction of sp³-hybridized carbons (Fsp3) is 0.267. The van der Waals surface area contributed by atoms with Crippen molar-refractivity contribution in [3.8, 4) is 0 Å². The van der Waals surface area contributed by atoms with Gasteiger partial charge in [0, 0.05) is 37.6 Å². The molecule has 0 radical (unpaired) electrons. The molecule has 0 aliphatic heterocycles. The Morgan fingerprint density at radius 2 is 1.86 bits per heavy atom. The second-order valence-corrected chi connectivity index (χ2v) is 4.72. The summed E-state index contributed by atoms with van der Waals surface area (Å²) in [6, 6.07) is 9.97. The van der Waals surface area contributed by atoms with Gasteiger partial charge in [0.25, 0.3) is 5.69 Å². The Morgan fingerprint density at radius 1 is 1.19 bits per heavy atom. The van der Waals surface area contributed by atoms with Crippen molar-refractivity contribution >= 4 is 11.6 Å². The molecule has 0 bridgehead atoms. The fourth-order valence-corrected chi connectivity index (χ4v) is 1.99. The average Bonchev–Trinajstić information content (AvgIpc) is 2.97. The van der Waals surface area contributed by atoms with E-state index in [9.17, 15) is 14.9 Å². The van der Waals surface area contributed by atoms with Gasteiger partial charge < -0.3 is 9.88 Å². The highest BCUT2D eigenvalue weighted by Gasteiger charge is 2.06. The van der Waals surface area contributed by atoms with Gasteiger partial charge in [0.1, 0.15) is 0 Å². The van der Waals surface area contributed by atoms with Crippen LogP contribution in [0.2, 0.25) is 0 Å². The number of carbonyl (C=O) groups excluding carboxylic acids is 1. The monoisotopic (exact) mass is 287 g/mol. The molecule has 0 unspecified atom stereocenters. The van der Waals surface area contributed by atoms with Crippen LogP contribution in [0.3, 0.4) is 0 Å². The first-order valence-corrected chi connectivity index (χ1v) is 6.76. The number of benzene rings is 1. The summed E-state index contributed by atoms with van der Waals surface area (Å²) in [7, 11) is 0. The third-order valence-electron chi connectivity index (χ3n) is 3.09. The molecular formula is C15H17N3O3. The predicted molar refractivity (Wildman–Crippen MR) is 78.9 cm³/mol. The minimum Gasteiger partial charge on any atom is -0.356 e. The Bertz CT molecular complexity index is 591. The van der Waals surface area contributed by atoms with E-state index in [1.807, 2.05) is 24.5 Å². The summed E-state index contributed by atoms with van der Waals surface area (Å²) >= 11 is 0. The first-order valence-electron chi connectivity index (χ1n) is 6.76. The second-order valence-electron chi connectivity index (χ2n) is 4.72. The van der Waals surface area contributed by atoms with Crippen LogP contribution in [0.25, 0.3) is 0 Å². The van der Waals surface area contributed by atoms with Gasteiger partial charge in [0.05, 0.1) is 11.3 Å². The summed E-state index contributed by atoms with van der Waals surface area (Å²) in [5.41, 5.74) is 0.800. The predicted octanol–water partition coefficient (Wildman–Crippen LogP) is 2.15. The minimum absolute atomic E-state index is 0.0332. The van der Waals surface area contributed by atoms with Crippen LogP contribution in [0.4, 0.5) is 5.69 Å². The lowest BCUT2D eigenvalue weighted by atomic mass is 10.1. The van der Waals surface area contributed by atoms with Gasteiger partial charge in [-0.1, -0.05) is 12.1 Å². The highest BCUT2D eigenvalue weighted by Crippen LogP contribution is 2.12. The Labute approximate surface area is 122 Å². The van der Waals surface area contributed by atoms with Crippen molar-refractivity contribution in [2.75, 3.05) is 6.54 Å². The van der Waals surface area contributed by atoms with Gasteiger partial charge in [-0.15, -0.1) is 0 Å². The Kier molecular flexibility index (Phi) is 5.09. The van der Waals surface area contributed by atoms with Gasteiger partial charge in [-0.3, -0.25) is 14.9 Å². The molecule has 1 aromatic heterocycles. The summed E-state index contributed by atoms with van der Waals surface area (Å²) in [6.45, 7) is 1.48. The molecule has 0 aliphatic rings. The standard InChI is InChI=1S/C15H17N3O3/c19-15(16-8-3-11-17-9-1-2-10-17)12-13-4-6-14(7-5-13)18(20)21/h1-2,4-7,9-10H,3,8,11-12H2,(H,16,19). The van der Waals surface area contributed by atoms with Crippen LogP contribution in [0, 0.1) is 10.1 Å². The zero-order valence-corrected chi connectivity index (χ0v) is 11.6. The minimum atomic E-state index is -0.453. The molecule has 6 heteroatoms. The highest BCUT2D eigenvalue weighted by atomic mass is 16.6. The maximum absolute atomic E-state index is 11.7. The van der Waals surface area contributed by atoms with Gasteiger partial charge in [-0.05, 0) is 24.1 Å². The number of amides is 1. The normalized spacial score (nSPS) is 10.3. The van der Waals surface area contributed by atoms with Crippen molar-refractivity contribution < 1.29 is 9.72 Å². The van der Waals surface area contributed by atoms with Crippen LogP contribution in [-0.2, 0) is 17.8 Å². The molecule has 0 fully saturated rings. The molecule has 2 rings (SSSR count). The molecule has 0 atom stereocenters. The number of nitrogens with one attached hydrogen (secondary N) is 1. The van der Waals surface area contributed by atoms with E-state index in [1.54, 1.807) is 12.1 Å². The van der Waals surface area contributed by atoms with Crippen molar-refractivity contribution in [2.24, 2.45) is 0 Å². The molecular weight excluding hydrogens is 270 g/mol. The van der Waals surface area contributed by atoms with E-state index in [2.05, 4.69) is 9.88 Å². The summed E-state index contributed by atoms with van der Waals surface area (Å²) in [5, 5.41) is 13.4. The van der Waals surface area contributed by atoms with E-state index >= 15 is 0 Å². The van der Waals surface area contributed by atoms with Crippen LogP contribution in [0.5, 0.6) is 0 Å². The van der Waals surface area contributed by atoms with Crippen molar-refractivity contribution in [3.63, 3.8) is 0 Å². The number of nitro groups is 1. The molecule has 21 heavy (non-hydrogen) atoms. The van der Waals surface area contributed by atoms with E-state index in [0.717, 1.165) is 18.5 Å². The van der Waals surface area contributed by atoms with E-state index in [1.165, 1.54) is 12.1 Å². The van der Waals surface area contributed by atoms with Crippen molar-refractivity contribution in [1.29, 1.82) is 0 Å². The third kappa shape index (κ3) is 4.76. The zero-order valence-electron chi connectivity index (χ0n) is 11.6. The molecule has 0 saturated carbocycles. The van der Waals surface area contributed by atoms with E-state index in [4.69, 9.17) is 0 Å². The van der Waals surface area contributed by atoms with Crippen molar-refractivity contribution in [3.05, 3.63) is 64.5 Å². The molecule has 0 aliphatic carbocycles. The molecule has 6 nitrogen and oxygen atoms in total. The molecule has 1 aromatic carbocycles. The van der Waals surface area contributed by atoms with Gasteiger partial charge in [-0.2, -0.15) is 0 Å².